The minimum Gasteiger partial charge on any atom is -0.397 e. The normalized spacial score (nSPS) is 15.0. The first-order valence-electron chi connectivity index (χ1n) is 10.6. The molecule has 1 saturated heterocycles. The summed E-state index contributed by atoms with van der Waals surface area (Å²) in [6.45, 7) is 3.65. The predicted octanol–water partition coefficient (Wildman–Crippen LogP) is 2.43. The molecular weight excluding hydrogens is 423 g/mol. The summed E-state index contributed by atoms with van der Waals surface area (Å²) in [7, 11) is 2.11. The number of likely N-dealkylation sites (N-methyl/N-ethyl adjacent to an activating group) is 1. The van der Waals surface area contributed by atoms with Crippen LogP contribution in [0.5, 0.6) is 0 Å². The average Bonchev–Trinajstić information content (AvgIpc) is 3.44. The molecule has 0 unspecified atom stereocenters. The number of aromatic amines is 2. The second kappa shape index (κ2) is 7.48. The van der Waals surface area contributed by atoms with E-state index in [4.69, 9.17) is 10.7 Å². The van der Waals surface area contributed by atoms with Gasteiger partial charge in [0.1, 0.15) is 16.9 Å². The summed E-state index contributed by atoms with van der Waals surface area (Å²) in [5.41, 5.74) is 9.32. The Morgan fingerprint density at radius 1 is 1.03 bits per heavy atom. The number of nitrogens with zero attached hydrogens (tertiary/aromatic N) is 7. The standard InChI is InChI=1S/C22H21FN10/c1-32-4-6-33(7-5-32)22-19-14(2-3-26-22)28-21(29-19)20-16-15(30-31-20)11-27-18(17(16)23)12-8-13(24)10-25-9-12/h2-3,8-11H,4-7,24H2,1H3,(H,28,29)(H,30,31). The van der Waals surface area contributed by atoms with Gasteiger partial charge < -0.3 is 20.5 Å². The van der Waals surface area contributed by atoms with Crippen molar-refractivity contribution in [1.29, 1.82) is 0 Å². The van der Waals surface area contributed by atoms with Gasteiger partial charge in [0.25, 0.3) is 0 Å². The Kier molecular flexibility index (Phi) is 4.44. The average molecular weight is 444 g/mol. The lowest BCUT2D eigenvalue weighted by molar-refractivity contribution is 0.312. The summed E-state index contributed by atoms with van der Waals surface area (Å²) in [6.07, 6.45) is 6.34. The van der Waals surface area contributed by atoms with Crippen molar-refractivity contribution in [1.82, 2.24) is 40.0 Å². The van der Waals surface area contributed by atoms with Gasteiger partial charge in [-0.1, -0.05) is 0 Å². The van der Waals surface area contributed by atoms with Gasteiger partial charge in [-0.2, -0.15) is 5.10 Å². The molecular formula is C22H21FN10. The van der Waals surface area contributed by atoms with E-state index in [-0.39, 0.29) is 5.69 Å². The Morgan fingerprint density at radius 3 is 2.70 bits per heavy atom. The molecule has 5 aromatic rings. The highest BCUT2D eigenvalue weighted by Crippen LogP contribution is 2.33. The zero-order chi connectivity index (χ0) is 22.5. The SMILES string of the molecule is CN1CCN(c2nccc3[nH]c(-c4n[nH]c5cnc(-c6cncc(N)c6)c(F)c45)nc23)CC1. The molecule has 1 aliphatic rings. The molecule has 0 atom stereocenters. The number of nitrogen functional groups attached to an aromatic ring is 1. The van der Waals surface area contributed by atoms with Crippen LogP contribution in [-0.2, 0) is 0 Å². The number of imidazole rings is 1. The largest absolute Gasteiger partial charge is 0.397 e. The Bertz CT molecular complexity index is 1480. The van der Waals surface area contributed by atoms with Crippen molar-refractivity contribution in [2.75, 3.05) is 43.9 Å². The van der Waals surface area contributed by atoms with Gasteiger partial charge in [-0.15, -0.1) is 0 Å². The molecule has 11 heteroatoms. The number of halogens is 1. The van der Waals surface area contributed by atoms with Crippen molar-refractivity contribution >= 4 is 33.4 Å². The van der Waals surface area contributed by atoms with Crippen LogP contribution < -0.4 is 10.6 Å². The summed E-state index contributed by atoms with van der Waals surface area (Å²) < 4.78 is 15.7. The third-order valence-electron chi connectivity index (χ3n) is 5.99. The number of fused-ring (bicyclic) bond motifs is 2. The van der Waals surface area contributed by atoms with E-state index in [9.17, 15) is 0 Å². The van der Waals surface area contributed by atoms with Crippen LogP contribution in [0.1, 0.15) is 0 Å². The van der Waals surface area contributed by atoms with Crippen LogP contribution in [0.3, 0.4) is 0 Å². The summed E-state index contributed by atoms with van der Waals surface area (Å²) in [6, 6.07) is 3.50. The number of hydrogen-bond donors (Lipinski definition) is 3. The van der Waals surface area contributed by atoms with Gasteiger partial charge in [0, 0.05) is 50.3 Å². The highest BCUT2D eigenvalue weighted by Gasteiger charge is 2.23. The molecule has 0 spiro atoms. The molecule has 4 N–H and O–H groups in total. The molecule has 0 radical (unpaired) electrons. The smallest absolute Gasteiger partial charge is 0.161 e. The molecule has 6 rings (SSSR count). The van der Waals surface area contributed by atoms with Crippen LogP contribution >= 0.6 is 0 Å². The fourth-order valence-corrected chi connectivity index (χ4v) is 4.22. The first kappa shape index (κ1) is 19.6. The highest BCUT2D eigenvalue weighted by molar-refractivity contribution is 5.96. The topological polar surface area (TPSA) is 129 Å². The molecule has 5 aromatic heterocycles. The van der Waals surface area contributed by atoms with E-state index in [2.05, 4.69) is 47.0 Å². The molecule has 0 aromatic carbocycles. The first-order chi connectivity index (χ1) is 16.1. The molecule has 166 valence electrons. The van der Waals surface area contributed by atoms with Crippen LogP contribution in [0.25, 0.3) is 44.7 Å². The summed E-state index contributed by atoms with van der Waals surface area (Å²) in [5.74, 6) is 0.763. The maximum absolute atomic E-state index is 15.7. The number of pyridine rings is 3. The number of anilines is 2. The molecule has 1 fully saturated rings. The van der Waals surface area contributed by atoms with Gasteiger partial charge in [-0.3, -0.25) is 15.1 Å². The van der Waals surface area contributed by atoms with Gasteiger partial charge >= 0.3 is 0 Å². The Balaban J connectivity index is 1.48. The Morgan fingerprint density at radius 2 is 1.88 bits per heavy atom. The van der Waals surface area contributed by atoms with Crippen molar-refractivity contribution in [3.05, 3.63) is 42.7 Å². The molecule has 0 saturated carbocycles. The van der Waals surface area contributed by atoms with Crippen molar-refractivity contribution in [3.63, 3.8) is 0 Å². The van der Waals surface area contributed by atoms with Crippen molar-refractivity contribution < 1.29 is 4.39 Å². The monoisotopic (exact) mass is 444 g/mol. The number of aromatic nitrogens is 7. The molecule has 10 nitrogen and oxygen atoms in total. The number of H-pyrrole nitrogens is 2. The lowest BCUT2D eigenvalue weighted by Gasteiger charge is -2.33. The molecule has 0 amide bonds. The van der Waals surface area contributed by atoms with Crippen LogP contribution in [0.15, 0.2) is 36.9 Å². The number of hydrogen-bond acceptors (Lipinski definition) is 8. The van der Waals surface area contributed by atoms with Gasteiger partial charge in [0.15, 0.2) is 17.5 Å². The van der Waals surface area contributed by atoms with E-state index in [0.717, 1.165) is 43.0 Å². The third-order valence-corrected chi connectivity index (χ3v) is 5.99. The van der Waals surface area contributed by atoms with E-state index in [1.54, 1.807) is 18.5 Å². The predicted molar refractivity (Wildman–Crippen MR) is 124 cm³/mol. The lowest BCUT2D eigenvalue weighted by atomic mass is 10.1. The van der Waals surface area contributed by atoms with E-state index in [0.29, 0.717) is 33.7 Å². The maximum atomic E-state index is 15.7. The molecule has 0 bridgehead atoms. The summed E-state index contributed by atoms with van der Waals surface area (Å²) in [5, 5.41) is 7.51. The lowest BCUT2D eigenvalue weighted by Crippen LogP contribution is -2.44. The zero-order valence-corrected chi connectivity index (χ0v) is 17.9. The van der Waals surface area contributed by atoms with Crippen LogP contribution in [0.2, 0.25) is 0 Å². The molecule has 1 aliphatic heterocycles. The van der Waals surface area contributed by atoms with Crippen LogP contribution in [0, 0.1) is 5.82 Å². The van der Waals surface area contributed by atoms with Crippen molar-refractivity contribution in [2.24, 2.45) is 0 Å². The van der Waals surface area contributed by atoms with Gasteiger partial charge in [0.05, 0.1) is 28.3 Å². The summed E-state index contributed by atoms with van der Waals surface area (Å²) in [4.78, 5) is 25.5. The number of piperazine rings is 1. The highest BCUT2D eigenvalue weighted by atomic mass is 19.1. The first-order valence-corrected chi connectivity index (χ1v) is 10.6. The van der Waals surface area contributed by atoms with E-state index >= 15 is 4.39 Å². The minimum atomic E-state index is -0.512. The number of rotatable bonds is 3. The fraction of sp³-hybridized carbons (Fsp3) is 0.227. The van der Waals surface area contributed by atoms with Gasteiger partial charge in [0.2, 0.25) is 0 Å². The van der Waals surface area contributed by atoms with Crippen molar-refractivity contribution in [2.45, 2.75) is 0 Å². The number of nitrogens with two attached hydrogens (primary N) is 1. The van der Waals surface area contributed by atoms with Gasteiger partial charge in [-0.25, -0.2) is 14.4 Å². The van der Waals surface area contributed by atoms with E-state index in [1.165, 1.54) is 12.4 Å². The maximum Gasteiger partial charge on any atom is 0.161 e. The second-order valence-electron chi connectivity index (χ2n) is 8.20. The van der Waals surface area contributed by atoms with E-state index in [1.807, 2.05) is 6.07 Å². The van der Waals surface area contributed by atoms with E-state index < -0.39 is 5.82 Å². The number of nitrogens with one attached hydrogen (secondary N) is 2. The molecule has 0 aliphatic carbocycles. The van der Waals surface area contributed by atoms with Crippen LogP contribution in [0.4, 0.5) is 15.9 Å². The quantitative estimate of drug-likeness (QED) is 0.387. The minimum absolute atomic E-state index is 0.154. The Labute approximate surface area is 187 Å². The van der Waals surface area contributed by atoms with Gasteiger partial charge in [-0.05, 0) is 19.2 Å². The van der Waals surface area contributed by atoms with Crippen LogP contribution in [-0.4, -0.2) is 73.2 Å². The summed E-state index contributed by atoms with van der Waals surface area (Å²) >= 11 is 0. The Hall–Kier alpha value is -4.12. The molecule has 6 heterocycles. The second-order valence-corrected chi connectivity index (χ2v) is 8.20. The fourth-order valence-electron chi connectivity index (χ4n) is 4.22. The third kappa shape index (κ3) is 3.24. The zero-order valence-electron chi connectivity index (χ0n) is 17.9. The van der Waals surface area contributed by atoms with Crippen molar-refractivity contribution in [3.8, 4) is 22.8 Å². The molecule has 33 heavy (non-hydrogen) atoms.